The lowest BCUT2D eigenvalue weighted by molar-refractivity contribution is -0.136. The number of likely N-dealkylation sites (tertiary alicyclic amines) is 1. The van der Waals surface area contributed by atoms with E-state index in [0.717, 1.165) is 30.7 Å². The van der Waals surface area contributed by atoms with Crippen molar-refractivity contribution in [3.8, 4) is 0 Å². The van der Waals surface area contributed by atoms with Crippen LogP contribution in [0, 0.1) is 19.8 Å². The van der Waals surface area contributed by atoms with Gasteiger partial charge in [-0.15, -0.1) is 0 Å². The van der Waals surface area contributed by atoms with E-state index in [1.165, 1.54) is 0 Å². The number of nitrogens with zero attached hydrogens (tertiary/aromatic N) is 3. The molecule has 2 saturated heterocycles. The van der Waals surface area contributed by atoms with Gasteiger partial charge in [-0.2, -0.15) is 5.10 Å². The maximum Gasteiger partial charge on any atom is 0.255 e. The van der Waals surface area contributed by atoms with Crippen LogP contribution < -0.4 is 10.6 Å². The van der Waals surface area contributed by atoms with Crippen LogP contribution in [0.1, 0.15) is 46.2 Å². The molecule has 156 valence electrons. The molecule has 2 aromatic heterocycles. The standard InChI is InChI=1S/C21H29N5O3/c1-13-8-17(14(2)29-13)20(27)24-16-4-6-26(7-5-16)21(28)19-11-22-10-18(19)15-9-23-25(3)12-15/h8-9,12,16,18-19,22H,4-7,10-11H2,1-3H3,(H,24,27)/t18-,19+/m1/s1. The fourth-order valence-electron chi connectivity index (χ4n) is 4.52. The molecule has 2 aliphatic rings. The van der Waals surface area contributed by atoms with Gasteiger partial charge in [-0.25, -0.2) is 0 Å². The zero-order valence-corrected chi connectivity index (χ0v) is 17.3. The molecular weight excluding hydrogens is 370 g/mol. The minimum atomic E-state index is -0.0965. The molecule has 4 heterocycles. The number of carbonyl (C=O) groups is 2. The Hall–Kier alpha value is -2.61. The molecule has 2 amide bonds. The van der Waals surface area contributed by atoms with E-state index in [1.807, 2.05) is 31.3 Å². The normalized spacial score (nSPS) is 22.8. The van der Waals surface area contributed by atoms with Crippen molar-refractivity contribution >= 4 is 11.8 Å². The topological polar surface area (TPSA) is 92.4 Å². The number of carbonyl (C=O) groups excluding carboxylic acids is 2. The van der Waals surface area contributed by atoms with Gasteiger partial charge < -0.3 is 20.0 Å². The third-order valence-corrected chi connectivity index (χ3v) is 6.11. The first-order valence-electron chi connectivity index (χ1n) is 10.3. The van der Waals surface area contributed by atoms with E-state index >= 15 is 0 Å². The third kappa shape index (κ3) is 4.07. The Morgan fingerprint density at radius 3 is 2.62 bits per heavy atom. The molecule has 2 fully saturated rings. The lowest BCUT2D eigenvalue weighted by Gasteiger charge is -2.34. The maximum atomic E-state index is 13.1. The van der Waals surface area contributed by atoms with Crippen molar-refractivity contribution in [2.24, 2.45) is 13.0 Å². The SMILES string of the molecule is Cc1cc(C(=O)NC2CCN(C(=O)[C@H]3CNC[C@@H]3c3cnn(C)c3)CC2)c(C)o1. The van der Waals surface area contributed by atoms with Gasteiger partial charge in [0.05, 0.1) is 17.7 Å². The van der Waals surface area contributed by atoms with E-state index in [9.17, 15) is 9.59 Å². The largest absolute Gasteiger partial charge is 0.466 e. The zero-order chi connectivity index (χ0) is 20.5. The van der Waals surface area contributed by atoms with E-state index < -0.39 is 0 Å². The first-order chi connectivity index (χ1) is 13.9. The van der Waals surface area contributed by atoms with Crippen LogP contribution in [0.4, 0.5) is 0 Å². The van der Waals surface area contributed by atoms with Gasteiger partial charge in [0.15, 0.2) is 0 Å². The monoisotopic (exact) mass is 399 g/mol. The van der Waals surface area contributed by atoms with Crippen molar-refractivity contribution in [1.29, 1.82) is 0 Å². The van der Waals surface area contributed by atoms with Gasteiger partial charge in [-0.1, -0.05) is 0 Å². The number of hydrogen-bond donors (Lipinski definition) is 2. The van der Waals surface area contributed by atoms with E-state index in [1.54, 1.807) is 17.7 Å². The van der Waals surface area contributed by atoms with Crippen LogP contribution in [-0.2, 0) is 11.8 Å². The second-order valence-corrected chi connectivity index (χ2v) is 8.22. The average Bonchev–Trinajstić information content (AvgIpc) is 3.41. The summed E-state index contributed by atoms with van der Waals surface area (Å²) < 4.78 is 7.24. The van der Waals surface area contributed by atoms with Crippen LogP contribution in [0.25, 0.3) is 0 Å². The van der Waals surface area contributed by atoms with Gasteiger partial charge >= 0.3 is 0 Å². The molecule has 8 heteroatoms. The van der Waals surface area contributed by atoms with Crippen molar-refractivity contribution in [1.82, 2.24) is 25.3 Å². The quantitative estimate of drug-likeness (QED) is 0.810. The van der Waals surface area contributed by atoms with Crippen molar-refractivity contribution in [3.05, 3.63) is 41.1 Å². The molecule has 8 nitrogen and oxygen atoms in total. The average molecular weight is 399 g/mol. The molecule has 0 spiro atoms. The first-order valence-corrected chi connectivity index (χ1v) is 10.3. The summed E-state index contributed by atoms with van der Waals surface area (Å²) in [6.45, 7) is 6.49. The first kappa shape index (κ1) is 19.7. The molecule has 0 aliphatic carbocycles. The van der Waals surface area contributed by atoms with Crippen molar-refractivity contribution in [3.63, 3.8) is 0 Å². The molecule has 2 aliphatic heterocycles. The number of nitrogens with one attached hydrogen (secondary N) is 2. The molecule has 4 rings (SSSR count). The summed E-state index contributed by atoms with van der Waals surface area (Å²) in [4.78, 5) is 27.6. The van der Waals surface area contributed by atoms with Gasteiger partial charge in [0.2, 0.25) is 5.91 Å². The lowest BCUT2D eigenvalue weighted by atomic mass is 9.89. The molecule has 2 atom stereocenters. The smallest absolute Gasteiger partial charge is 0.255 e. The van der Waals surface area contributed by atoms with Crippen LogP contribution in [0.3, 0.4) is 0 Å². The summed E-state index contributed by atoms with van der Waals surface area (Å²) in [6.07, 6.45) is 5.40. The maximum absolute atomic E-state index is 13.1. The second kappa shape index (κ2) is 8.02. The van der Waals surface area contributed by atoms with E-state index in [2.05, 4.69) is 15.7 Å². The van der Waals surface area contributed by atoms with Crippen LogP contribution in [-0.4, -0.2) is 58.7 Å². The Morgan fingerprint density at radius 1 is 1.24 bits per heavy atom. The summed E-state index contributed by atoms with van der Waals surface area (Å²) in [7, 11) is 1.90. The van der Waals surface area contributed by atoms with Crippen molar-refractivity contribution < 1.29 is 14.0 Å². The molecule has 2 aromatic rings. The highest BCUT2D eigenvalue weighted by molar-refractivity contribution is 5.95. The fourth-order valence-corrected chi connectivity index (χ4v) is 4.52. The molecule has 0 aromatic carbocycles. The lowest BCUT2D eigenvalue weighted by Crippen LogP contribution is -2.48. The molecular formula is C21H29N5O3. The number of hydrogen-bond acceptors (Lipinski definition) is 5. The van der Waals surface area contributed by atoms with Crippen molar-refractivity contribution in [2.75, 3.05) is 26.2 Å². The summed E-state index contributed by atoms with van der Waals surface area (Å²) in [5.74, 6) is 1.60. The molecule has 0 saturated carbocycles. The minimum absolute atomic E-state index is 0.0538. The van der Waals surface area contributed by atoms with Crippen molar-refractivity contribution in [2.45, 2.75) is 38.6 Å². The van der Waals surface area contributed by atoms with Gasteiger partial charge in [0.1, 0.15) is 11.5 Å². The number of amides is 2. The number of aromatic nitrogens is 2. The predicted octanol–water partition coefficient (Wildman–Crippen LogP) is 1.35. The Bertz CT molecular complexity index is 894. The Labute approximate surface area is 170 Å². The summed E-state index contributed by atoms with van der Waals surface area (Å²) >= 11 is 0. The van der Waals surface area contributed by atoms with Gasteiger partial charge in [0.25, 0.3) is 5.91 Å². The predicted molar refractivity (Wildman–Crippen MR) is 108 cm³/mol. The third-order valence-electron chi connectivity index (χ3n) is 6.11. The minimum Gasteiger partial charge on any atom is -0.466 e. The molecule has 0 radical (unpaired) electrons. The fraction of sp³-hybridized carbons (Fsp3) is 0.571. The van der Waals surface area contributed by atoms with Gasteiger partial charge in [-0.3, -0.25) is 14.3 Å². The Morgan fingerprint density at radius 2 is 2.00 bits per heavy atom. The highest BCUT2D eigenvalue weighted by atomic mass is 16.3. The Kier molecular flexibility index (Phi) is 5.45. The summed E-state index contributed by atoms with van der Waals surface area (Å²) in [5, 5.41) is 10.7. The molecule has 2 N–H and O–H groups in total. The highest BCUT2D eigenvalue weighted by Gasteiger charge is 2.38. The number of piperidine rings is 1. The van der Waals surface area contributed by atoms with E-state index in [-0.39, 0.29) is 29.7 Å². The van der Waals surface area contributed by atoms with Crippen LogP contribution >= 0.6 is 0 Å². The van der Waals surface area contributed by atoms with Crippen LogP contribution in [0.5, 0.6) is 0 Å². The Balaban J connectivity index is 1.32. The molecule has 0 bridgehead atoms. The van der Waals surface area contributed by atoms with Gasteiger partial charge in [-0.05, 0) is 38.3 Å². The van der Waals surface area contributed by atoms with Crippen LogP contribution in [0.2, 0.25) is 0 Å². The second-order valence-electron chi connectivity index (χ2n) is 8.22. The van der Waals surface area contributed by atoms with Gasteiger partial charge in [0, 0.05) is 51.4 Å². The summed E-state index contributed by atoms with van der Waals surface area (Å²) in [6, 6.07) is 1.85. The number of rotatable bonds is 4. The molecule has 0 unspecified atom stereocenters. The van der Waals surface area contributed by atoms with Crippen LogP contribution in [0.15, 0.2) is 22.9 Å². The van der Waals surface area contributed by atoms with E-state index in [4.69, 9.17) is 4.42 Å². The number of furan rings is 1. The molecule has 29 heavy (non-hydrogen) atoms. The number of aryl methyl sites for hydroxylation is 3. The van der Waals surface area contributed by atoms with E-state index in [0.29, 0.717) is 31.0 Å². The highest BCUT2D eigenvalue weighted by Crippen LogP contribution is 2.30. The zero-order valence-electron chi connectivity index (χ0n) is 17.3. The summed E-state index contributed by atoms with van der Waals surface area (Å²) in [5.41, 5.74) is 1.71.